The van der Waals surface area contributed by atoms with Crippen LogP contribution in [-0.2, 0) is 11.9 Å². The molecule has 1 aromatic carbocycles. The van der Waals surface area contributed by atoms with E-state index in [-0.39, 0.29) is 11.6 Å². The Morgan fingerprint density at radius 1 is 1.25 bits per heavy atom. The molecule has 32 heavy (non-hydrogen) atoms. The van der Waals surface area contributed by atoms with Crippen molar-refractivity contribution in [2.24, 2.45) is 12.0 Å². The summed E-state index contributed by atoms with van der Waals surface area (Å²) in [5.41, 5.74) is 6.41. The van der Waals surface area contributed by atoms with Crippen LogP contribution in [-0.4, -0.2) is 38.7 Å². The fourth-order valence-electron chi connectivity index (χ4n) is 3.86. The van der Waals surface area contributed by atoms with Gasteiger partial charge in [-0.1, -0.05) is 11.6 Å². The molecule has 10 heteroatoms. The number of aliphatic imine (C=N–C) groups is 1. The quantitative estimate of drug-likeness (QED) is 0.506. The summed E-state index contributed by atoms with van der Waals surface area (Å²) in [5, 5.41) is 0.510. The SMILES string of the molecule is COc1nc(C2=NC(c3cn(C)c4ccc(Cl)c(F)c34)CON2)ccc1-n1cnc(C)c1. The first-order chi connectivity index (χ1) is 15.5. The van der Waals surface area contributed by atoms with Gasteiger partial charge in [0, 0.05) is 30.4 Å². The van der Waals surface area contributed by atoms with Crippen molar-refractivity contribution in [3.8, 4) is 11.6 Å². The Kier molecular flexibility index (Phi) is 5.07. The van der Waals surface area contributed by atoms with E-state index in [4.69, 9.17) is 26.2 Å². The Bertz CT molecular complexity index is 1360. The summed E-state index contributed by atoms with van der Waals surface area (Å²) in [7, 11) is 3.41. The molecule has 3 aromatic heterocycles. The summed E-state index contributed by atoms with van der Waals surface area (Å²) in [4.78, 5) is 19.2. The lowest BCUT2D eigenvalue weighted by molar-refractivity contribution is 0.0622. The second-order valence-electron chi connectivity index (χ2n) is 7.50. The minimum atomic E-state index is -0.463. The van der Waals surface area contributed by atoms with Gasteiger partial charge in [0.2, 0.25) is 5.88 Å². The molecule has 164 valence electrons. The zero-order chi connectivity index (χ0) is 22.4. The monoisotopic (exact) mass is 454 g/mol. The number of hydroxylamine groups is 1. The van der Waals surface area contributed by atoms with Crippen LogP contribution in [0, 0.1) is 12.7 Å². The second kappa shape index (κ2) is 7.92. The van der Waals surface area contributed by atoms with E-state index >= 15 is 0 Å². The van der Waals surface area contributed by atoms with Crippen LogP contribution < -0.4 is 10.2 Å². The summed E-state index contributed by atoms with van der Waals surface area (Å²) in [5.74, 6) is 0.372. The molecule has 0 aliphatic carbocycles. The van der Waals surface area contributed by atoms with E-state index in [2.05, 4.69) is 15.4 Å². The Labute approximate surface area is 188 Å². The summed E-state index contributed by atoms with van der Waals surface area (Å²) in [6, 6.07) is 6.58. The number of hydrogen-bond donors (Lipinski definition) is 1. The number of amidine groups is 1. The van der Waals surface area contributed by atoms with Crippen molar-refractivity contribution in [2.45, 2.75) is 13.0 Å². The van der Waals surface area contributed by atoms with E-state index in [1.54, 1.807) is 25.6 Å². The van der Waals surface area contributed by atoms with Gasteiger partial charge in [-0.2, -0.15) is 0 Å². The minimum absolute atomic E-state index is 0.0701. The molecule has 1 unspecified atom stereocenters. The van der Waals surface area contributed by atoms with Gasteiger partial charge in [0.25, 0.3) is 0 Å². The van der Waals surface area contributed by atoms with Crippen molar-refractivity contribution in [3.05, 3.63) is 70.8 Å². The third-order valence-electron chi connectivity index (χ3n) is 5.39. The number of methoxy groups -OCH3 is 1. The summed E-state index contributed by atoms with van der Waals surface area (Å²) in [6.07, 6.45) is 5.43. The number of benzene rings is 1. The van der Waals surface area contributed by atoms with Crippen LogP contribution in [0.3, 0.4) is 0 Å². The van der Waals surface area contributed by atoms with E-state index in [1.807, 2.05) is 47.6 Å². The number of nitrogens with one attached hydrogen (secondary N) is 1. The zero-order valence-electron chi connectivity index (χ0n) is 17.6. The first-order valence-electron chi connectivity index (χ1n) is 9.91. The summed E-state index contributed by atoms with van der Waals surface area (Å²) >= 11 is 6.04. The highest BCUT2D eigenvalue weighted by Crippen LogP contribution is 2.34. The third kappa shape index (κ3) is 3.39. The molecule has 1 N–H and O–H groups in total. The predicted octanol–water partition coefficient (Wildman–Crippen LogP) is 3.89. The van der Waals surface area contributed by atoms with Gasteiger partial charge in [-0.05, 0) is 31.2 Å². The van der Waals surface area contributed by atoms with Crippen molar-refractivity contribution in [1.29, 1.82) is 0 Å². The van der Waals surface area contributed by atoms with Gasteiger partial charge < -0.3 is 13.9 Å². The fourth-order valence-corrected chi connectivity index (χ4v) is 4.01. The number of fused-ring (bicyclic) bond motifs is 1. The molecule has 0 spiro atoms. The number of aryl methyl sites for hydroxylation is 2. The highest BCUT2D eigenvalue weighted by molar-refractivity contribution is 6.31. The van der Waals surface area contributed by atoms with Crippen LogP contribution >= 0.6 is 11.6 Å². The van der Waals surface area contributed by atoms with Crippen molar-refractivity contribution < 1.29 is 14.0 Å². The molecule has 0 fully saturated rings. The Hall–Kier alpha value is -3.43. The van der Waals surface area contributed by atoms with E-state index in [0.717, 1.165) is 16.9 Å². The molecule has 8 nitrogen and oxygen atoms in total. The van der Waals surface area contributed by atoms with E-state index in [9.17, 15) is 4.39 Å². The molecule has 4 aromatic rings. The van der Waals surface area contributed by atoms with Crippen molar-refractivity contribution >= 4 is 28.3 Å². The fraction of sp³-hybridized carbons (Fsp3) is 0.227. The Morgan fingerprint density at radius 2 is 2.09 bits per heavy atom. The van der Waals surface area contributed by atoms with Crippen molar-refractivity contribution in [1.82, 2.24) is 24.6 Å². The molecule has 0 saturated carbocycles. The van der Waals surface area contributed by atoms with Crippen molar-refractivity contribution in [2.75, 3.05) is 13.7 Å². The standard InChI is InChI=1S/C22H20ClFN6O2/c1-12-8-30(11-25-12)18-7-5-15(27-22(18)31-3)21-26-16(10-32-28-21)13-9-29(2)17-6-4-14(23)20(24)19(13)17/h4-9,11,16H,10H2,1-3H3,(H,26,28). The van der Waals surface area contributed by atoms with Gasteiger partial charge in [0.1, 0.15) is 24.0 Å². The topological polar surface area (TPSA) is 78.5 Å². The molecule has 0 saturated heterocycles. The maximum absolute atomic E-state index is 14.9. The average molecular weight is 455 g/mol. The molecule has 0 radical (unpaired) electrons. The number of nitrogens with zero attached hydrogens (tertiary/aromatic N) is 5. The largest absolute Gasteiger partial charge is 0.479 e. The maximum atomic E-state index is 14.9. The predicted molar refractivity (Wildman–Crippen MR) is 119 cm³/mol. The van der Waals surface area contributed by atoms with Crippen LogP contribution in [0.1, 0.15) is 23.0 Å². The average Bonchev–Trinajstić information content (AvgIpc) is 3.39. The molecule has 5 rings (SSSR count). The van der Waals surface area contributed by atoms with Gasteiger partial charge in [0.05, 0.1) is 29.7 Å². The van der Waals surface area contributed by atoms with Crippen LogP contribution in [0.25, 0.3) is 16.6 Å². The first-order valence-corrected chi connectivity index (χ1v) is 10.3. The number of halogens is 2. The Balaban J connectivity index is 1.56. The van der Waals surface area contributed by atoms with Crippen molar-refractivity contribution in [3.63, 3.8) is 0 Å². The highest BCUT2D eigenvalue weighted by Gasteiger charge is 2.25. The number of pyridine rings is 1. The molecule has 0 amide bonds. The minimum Gasteiger partial charge on any atom is -0.479 e. The summed E-state index contributed by atoms with van der Waals surface area (Å²) < 4.78 is 24.0. The zero-order valence-corrected chi connectivity index (χ0v) is 18.4. The summed E-state index contributed by atoms with van der Waals surface area (Å²) in [6.45, 7) is 2.14. The van der Waals surface area contributed by atoms with Gasteiger partial charge in [0.15, 0.2) is 11.7 Å². The number of imidazole rings is 1. The number of ether oxygens (including phenoxy) is 1. The first kappa shape index (κ1) is 20.5. The lowest BCUT2D eigenvalue weighted by atomic mass is 10.1. The van der Waals surface area contributed by atoms with Crippen LogP contribution in [0.4, 0.5) is 4.39 Å². The smallest absolute Gasteiger partial charge is 0.238 e. The molecule has 0 bridgehead atoms. The van der Waals surface area contributed by atoms with E-state index < -0.39 is 11.9 Å². The third-order valence-corrected chi connectivity index (χ3v) is 5.69. The van der Waals surface area contributed by atoms with Crippen LogP contribution in [0.2, 0.25) is 5.02 Å². The van der Waals surface area contributed by atoms with E-state index in [1.165, 1.54) is 0 Å². The normalized spacial score (nSPS) is 16.2. The lowest BCUT2D eigenvalue weighted by Gasteiger charge is -2.22. The number of aromatic nitrogens is 4. The van der Waals surface area contributed by atoms with Gasteiger partial charge in [-0.15, -0.1) is 0 Å². The lowest BCUT2D eigenvalue weighted by Crippen LogP contribution is -2.33. The number of hydrogen-bond acceptors (Lipinski definition) is 6. The Morgan fingerprint density at radius 3 is 2.84 bits per heavy atom. The highest BCUT2D eigenvalue weighted by atomic mass is 35.5. The molecular weight excluding hydrogens is 435 g/mol. The van der Waals surface area contributed by atoms with Crippen LogP contribution in [0.5, 0.6) is 5.88 Å². The molecule has 1 aliphatic rings. The molecule has 1 atom stereocenters. The molecular formula is C22H20ClFN6O2. The maximum Gasteiger partial charge on any atom is 0.238 e. The van der Waals surface area contributed by atoms with Gasteiger partial charge in [-0.25, -0.2) is 19.8 Å². The van der Waals surface area contributed by atoms with Crippen LogP contribution in [0.15, 0.2) is 48.0 Å². The molecule has 4 heterocycles. The second-order valence-corrected chi connectivity index (χ2v) is 7.91. The van der Waals surface area contributed by atoms with Gasteiger partial charge >= 0.3 is 0 Å². The van der Waals surface area contributed by atoms with E-state index in [0.29, 0.717) is 28.4 Å². The van der Waals surface area contributed by atoms with Gasteiger partial charge in [-0.3, -0.25) is 9.83 Å². The number of rotatable bonds is 4. The molecule has 1 aliphatic heterocycles.